The third-order valence-electron chi connectivity index (χ3n) is 5.53. The zero-order valence-electron chi connectivity index (χ0n) is 15.4. The molecule has 1 aliphatic heterocycles. The minimum absolute atomic E-state index is 0. The molecule has 1 saturated heterocycles. The van der Waals surface area contributed by atoms with Crippen molar-refractivity contribution in [3.8, 4) is 0 Å². The standard InChI is InChI=1S/C19H30N4S.HI/c1-23-12-10-19(24-2,11-13-23)14-21-18(20)22-17-9-5-7-15-6-3-4-8-16(15)17;/h5,7,9H,3-4,6,8,10-14H2,1-2H3,(H3,20,21,22);1H. The Bertz CT molecular complexity index is 597. The molecule has 140 valence electrons. The van der Waals surface area contributed by atoms with Crippen molar-refractivity contribution < 1.29 is 0 Å². The van der Waals surface area contributed by atoms with Gasteiger partial charge in [-0.3, -0.25) is 4.99 Å². The highest BCUT2D eigenvalue weighted by atomic mass is 127. The van der Waals surface area contributed by atoms with Gasteiger partial charge in [0.2, 0.25) is 0 Å². The number of nitrogens with two attached hydrogens (primary N) is 1. The van der Waals surface area contributed by atoms with E-state index in [1.807, 2.05) is 11.8 Å². The highest BCUT2D eigenvalue weighted by Gasteiger charge is 2.32. The van der Waals surface area contributed by atoms with Gasteiger partial charge < -0.3 is 16.0 Å². The molecule has 2 aliphatic rings. The molecule has 3 rings (SSSR count). The number of nitrogens with zero attached hydrogens (tertiary/aromatic N) is 2. The number of thioether (sulfide) groups is 1. The quantitative estimate of drug-likeness (QED) is 0.397. The average Bonchev–Trinajstić information content (AvgIpc) is 2.62. The highest BCUT2D eigenvalue weighted by Crippen LogP contribution is 2.34. The summed E-state index contributed by atoms with van der Waals surface area (Å²) in [4.78, 5) is 7.10. The molecule has 1 aliphatic carbocycles. The summed E-state index contributed by atoms with van der Waals surface area (Å²) in [6.07, 6.45) is 9.47. The Morgan fingerprint density at radius 3 is 2.72 bits per heavy atom. The minimum atomic E-state index is 0. The van der Waals surface area contributed by atoms with Gasteiger partial charge in [-0.15, -0.1) is 24.0 Å². The molecule has 0 aromatic heterocycles. The van der Waals surface area contributed by atoms with Gasteiger partial charge in [0.15, 0.2) is 5.96 Å². The first-order valence-corrected chi connectivity index (χ1v) is 10.3. The smallest absolute Gasteiger partial charge is 0.193 e. The van der Waals surface area contributed by atoms with Gasteiger partial charge in [0.25, 0.3) is 0 Å². The Kier molecular flexibility index (Phi) is 7.89. The van der Waals surface area contributed by atoms with Crippen LogP contribution in [0.25, 0.3) is 0 Å². The first-order chi connectivity index (χ1) is 11.6. The summed E-state index contributed by atoms with van der Waals surface area (Å²) in [7, 11) is 2.20. The van der Waals surface area contributed by atoms with E-state index in [-0.39, 0.29) is 28.7 Å². The Morgan fingerprint density at radius 1 is 1.28 bits per heavy atom. The topological polar surface area (TPSA) is 53.6 Å². The van der Waals surface area contributed by atoms with E-state index in [0.717, 1.165) is 31.7 Å². The van der Waals surface area contributed by atoms with Crippen LogP contribution in [0, 0.1) is 0 Å². The predicted molar refractivity (Wildman–Crippen MR) is 122 cm³/mol. The fourth-order valence-corrected chi connectivity index (χ4v) is 4.54. The summed E-state index contributed by atoms with van der Waals surface area (Å²) in [5, 5.41) is 3.37. The van der Waals surface area contributed by atoms with Crippen molar-refractivity contribution in [3.05, 3.63) is 29.3 Å². The molecule has 1 fully saturated rings. The number of likely N-dealkylation sites (tertiary alicyclic amines) is 1. The lowest BCUT2D eigenvalue weighted by Gasteiger charge is -2.38. The fraction of sp³-hybridized carbons (Fsp3) is 0.632. The second-order valence-corrected chi connectivity index (χ2v) is 8.44. The summed E-state index contributed by atoms with van der Waals surface area (Å²) in [6, 6.07) is 6.50. The predicted octanol–water partition coefficient (Wildman–Crippen LogP) is 3.74. The van der Waals surface area contributed by atoms with E-state index < -0.39 is 0 Å². The summed E-state index contributed by atoms with van der Waals surface area (Å²) in [5.74, 6) is 0.557. The van der Waals surface area contributed by atoms with Crippen molar-refractivity contribution in [3.63, 3.8) is 0 Å². The first-order valence-electron chi connectivity index (χ1n) is 9.03. The molecule has 1 aromatic carbocycles. The first kappa shape index (κ1) is 20.8. The van der Waals surface area contributed by atoms with Crippen LogP contribution in [-0.4, -0.2) is 48.5 Å². The van der Waals surface area contributed by atoms with Gasteiger partial charge >= 0.3 is 0 Å². The van der Waals surface area contributed by atoms with Crippen LogP contribution in [0.3, 0.4) is 0 Å². The van der Waals surface area contributed by atoms with Crippen LogP contribution in [0.1, 0.15) is 36.8 Å². The van der Waals surface area contributed by atoms with Crippen LogP contribution in [-0.2, 0) is 12.8 Å². The van der Waals surface area contributed by atoms with E-state index in [0.29, 0.717) is 5.96 Å². The molecular weight excluding hydrogens is 443 g/mol. The molecule has 6 heteroatoms. The second-order valence-electron chi connectivity index (χ2n) is 7.17. The van der Waals surface area contributed by atoms with E-state index in [4.69, 9.17) is 10.7 Å². The third kappa shape index (κ3) is 5.26. The molecule has 1 heterocycles. The molecule has 4 nitrogen and oxygen atoms in total. The third-order valence-corrected chi connectivity index (χ3v) is 6.93. The summed E-state index contributed by atoms with van der Waals surface area (Å²) in [5.41, 5.74) is 10.3. The lowest BCUT2D eigenvalue weighted by Crippen LogP contribution is -2.43. The maximum atomic E-state index is 6.22. The van der Waals surface area contributed by atoms with Crippen LogP contribution in [0.5, 0.6) is 0 Å². The minimum Gasteiger partial charge on any atom is -0.370 e. The monoisotopic (exact) mass is 474 g/mol. The largest absolute Gasteiger partial charge is 0.370 e. The number of aliphatic imine (C=N–C) groups is 1. The van der Waals surface area contributed by atoms with Crippen LogP contribution in [0.15, 0.2) is 23.2 Å². The molecule has 0 atom stereocenters. The molecule has 0 bridgehead atoms. The second kappa shape index (κ2) is 9.46. The number of anilines is 1. The summed E-state index contributed by atoms with van der Waals surface area (Å²) < 4.78 is 0.245. The van der Waals surface area contributed by atoms with Crippen molar-refractivity contribution >= 4 is 47.4 Å². The zero-order chi connectivity index (χ0) is 17.0. The van der Waals surface area contributed by atoms with Crippen LogP contribution in [0.2, 0.25) is 0 Å². The molecule has 0 saturated carbocycles. The Balaban J connectivity index is 0.00000225. The number of hydrogen-bond acceptors (Lipinski definition) is 3. The molecule has 0 radical (unpaired) electrons. The number of fused-ring (bicyclic) bond motifs is 1. The highest BCUT2D eigenvalue weighted by molar-refractivity contribution is 14.0. The molecule has 0 unspecified atom stereocenters. The number of piperidine rings is 1. The van der Waals surface area contributed by atoms with E-state index in [9.17, 15) is 0 Å². The summed E-state index contributed by atoms with van der Waals surface area (Å²) >= 11 is 1.95. The van der Waals surface area contributed by atoms with Crippen molar-refractivity contribution in [2.45, 2.75) is 43.3 Å². The zero-order valence-corrected chi connectivity index (χ0v) is 18.5. The lowest BCUT2D eigenvalue weighted by atomic mass is 9.90. The lowest BCUT2D eigenvalue weighted by molar-refractivity contribution is 0.242. The summed E-state index contributed by atoms with van der Waals surface area (Å²) in [6.45, 7) is 3.10. The molecule has 25 heavy (non-hydrogen) atoms. The molecule has 1 aromatic rings. The van der Waals surface area contributed by atoms with Gasteiger partial charge in [-0.2, -0.15) is 11.8 Å². The number of nitrogens with one attached hydrogen (secondary N) is 1. The van der Waals surface area contributed by atoms with Gasteiger partial charge in [0, 0.05) is 10.4 Å². The van der Waals surface area contributed by atoms with Crippen molar-refractivity contribution in [2.24, 2.45) is 10.7 Å². The molecular formula is C19H31IN4S. The fourth-order valence-electron chi connectivity index (χ4n) is 3.76. The van der Waals surface area contributed by atoms with E-state index in [1.165, 1.54) is 43.2 Å². The molecule has 0 amide bonds. The van der Waals surface area contributed by atoms with Crippen LogP contribution >= 0.6 is 35.7 Å². The van der Waals surface area contributed by atoms with Crippen LogP contribution in [0.4, 0.5) is 5.69 Å². The number of aryl methyl sites for hydroxylation is 1. The normalized spacial score (nSPS) is 20.5. The van der Waals surface area contributed by atoms with Crippen molar-refractivity contribution in [2.75, 3.05) is 38.3 Å². The SMILES string of the molecule is CSC1(CN=C(N)Nc2cccc3c2CCCC3)CCN(C)CC1.I. The molecule has 0 spiro atoms. The van der Waals surface area contributed by atoms with Crippen molar-refractivity contribution in [1.82, 2.24) is 4.90 Å². The Morgan fingerprint density at radius 2 is 2.00 bits per heavy atom. The van der Waals surface area contributed by atoms with Crippen molar-refractivity contribution in [1.29, 1.82) is 0 Å². The van der Waals surface area contributed by atoms with E-state index >= 15 is 0 Å². The van der Waals surface area contributed by atoms with Crippen LogP contribution < -0.4 is 11.1 Å². The van der Waals surface area contributed by atoms with Gasteiger partial charge in [0.05, 0.1) is 6.54 Å². The number of guanidine groups is 1. The molecule has 3 N–H and O–H groups in total. The van der Waals surface area contributed by atoms with Gasteiger partial charge in [-0.1, -0.05) is 12.1 Å². The maximum Gasteiger partial charge on any atom is 0.193 e. The number of rotatable bonds is 4. The maximum absolute atomic E-state index is 6.22. The number of hydrogen-bond donors (Lipinski definition) is 2. The number of benzene rings is 1. The Labute approximate surface area is 173 Å². The van der Waals surface area contributed by atoms with Gasteiger partial charge in [0.1, 0.15) is 0 Å². The Hall–Kier alpha value is -0.470. The van der Waals surface area contributed by atoms with E-state index in [2.05, 4.69) is 41.7 Å². The number of halogens is 1. The van der Waals surface area contributed by atoms with Gasteiger partial charge in [-0.05, 0) is 82.1 Å². The average molecular weight is 474 g/mol. The van der Waals surface area contributed by atoms with E-state index in [1.54, 1.807) is 0 Å². The van der Waals surface area contributed by atoms with Gasteiger partial charge in [-0.25, -0.2) is 0 Å².